The lowest BCUT2D eigenvalue weighted by molar-refractivity contribution is 0.0738. The van der Waals surface area contributed by atoms with Crippen LogP contribution in [0.5, 0.6) is 0 Å². The van der Waals surface area contributed by atoms with Crippen LogP contribution >= 0.6 is 11.6 Å². The minimum Gasteiger partial charge on any atom is -0.372 e. The van der Waals surface area contributed by atoms with E-state index in [0.29, 0.717) is 17.3 Å². The van der Waals surface area contributed by atoms with E-state index in [-0.39, 0.29) is 18.3 Å². The molecule has 1 amide bonds. The van der Waals surface area contributed by atoms with Crippen molar-refractivity contribution in [2.45, 2.75) is 25.9 Å². The van der Waals surface area contributed by atoms with Crippen LogP contribution in [0.25, 0.3) is 17.3 Å². The highest BCUT2D eigenvalue weighted by atomic mass is 35.5. The average Bonchev–Trinajstić information content (AvgIpc) is 3.23. The Kier molecular flexibility index (Phi) is 6.26. The Bertz CT molecular complexity index is 1180. The van der Waals surface area contributed by atoms with Crippen molar-refractivity contribution in [3.05, 3.63) is 81.9 Å². The van der Waals surface area contributed by atoms with E-state index >= 15 is 0 Å². The van der Waals surface area contributed by atoms with Gasteiger partial charge in [0, 0.05) is 29.2 Å². The van der Waals surface area contributed by atoms with E-state index in [0.717, 1.165) is 54.0 Å². The van der Waals surface area contributed by atoms with E-state index in [1.165, 1.54) is 18.6 Å². The van der Waals surface area contributed by atoms with Gasteiger partial charge in [-0.1, -0.05) is 30.2 Å². The fourth-order valence-corrected chi connectivity index (χ4v) is 4.40. The van der Waals surface area contributed by atoms with Crippen molar-refractivity contribution in [3.63, 3.8) is 0 Å². The topological polar surface area (TPSA) is 59.4 Å². The van der Waals surface area contributed by atoms with Crippen molar-refractivity contribution in [1.29, 1.82) is 0 Å². The summed E-state index contributed by atoms with van der Waals surface area (Å²) in [6.45, 7) is 2.30. The number of piperidine rings is 1. The van der Waals surface area contributed by atoms with Gasteiger partial charge in [0.15, 0.2) is 5.69 Å². The lowest BCUT2D eigenvalue weighted by Crippen LogP contribution is -2.45. The summed E-state index contributed by atoms with van der Waals surface area (Å²) in [7, 11) is 0. The number of fused-ring (bicyclic) bond motifs is 1. The standard InChI is InChI=1S/C25H24ClFN4O2/c26-19-6-10-21(11-7-19)31-24-18(14-17-4-8-20(27)9-5-17)15-33-16-22(24)23(28-31)25(32)29-30-12-2-1-3-13-30/h4-11,14H,1-3,12-13,15-16H2,(H,29,32)/b18-14+. The molecule has 33 heavy (non-hydrogen) atoms. The van der Waals surface area contributed by atoms with Crippen molar-refractivity contribution in [1.82, 2.24) is 20.2 Å². The fourth-order valence-electron chi connectivity index (χ4n) is 4.27. The van der Waals surface area contributed by atoms with Gasteiger partial charge in [-0.2, -0.15) is 5.10 Å². The molecular weight excluding hydrogens is 443 g/mol. The SMILES string of the molecule is O=C(NN1CCCCC1)c1nn(-c2ccc(Cl)cc2)c2c1COC/C2=C\c1ccc(F)cc1. The molecule has 0 aliphatic carbocycles. The molecule has 1 aromatic heterocycles. The first kappa shape index (κ1) is 21.8. The predicted octanol–water partition coefficient (Wildman–Crippen LogP) is 4.87. The summed E-state index contributed by atoms with van der Waals surface area (Å²) in [6, 6.07) is 13.6. The minimum atomic E-state index is -0.291. The second-order valence-electron chi connectivity index (χ2n) is 8.27. The van der Waals surface area contributed by atoms with Crippen molar-refractivity contribution < 1.29 is 13.9 Å². The number of nitrogens with one attached hydrogen (secondary N) is 1. The molecule has 1 fully saturated rings. The number of carbonyl (C=O) groups is 1. The molecule has 2 aliphatic heterocycles. The molecule has 0 atom stereocenters. The van der Waals surface area contributed by atoms with E-state index in [1.807, 2.05) is 23.2 Å². The minimum absolute atomic E-state index is 0.243. The van der Waals surface area contributed by atoms with Gasteiger partial charge in [-0.05, 0) is 60.9 Å². The number of benzene rings is 2. The Labute approximate surface area is 196 Å². The lowest BCUT2D eigenvalue weighted by Gasteiger charge is -2.26. The highest BCUT2D eigenvalue weighted by Crippen LogP contribution is 2.32. The van der Waals surface area contributed by atoms with Crippen LogP contribution in [0.2, 0.25) is 5.02 Å². The molecule has 1 saturated heterocycles. The second-order valence-corrected chi connectivity index (χ2v) is 8.70. The number of hydrogen-bond donors (Lipinski definition) is 1. The van der Waals surface area contributed by atoms with Crippen LogP contribution in [0.4, 0.5) is 4.39 Å². The maximum absolute atomic E-state index is 13.4. The Morgan fingerprint density at radius 1 is 1.03 bits per heavy atom. The summed E-state index contributed by atoms with van der Waals surface area (Å²) >= 11 is 6.09. The number of aromatic nitrogens is 2. The maximum Gasteiger partial charge on any atom is 0.286 e. The first-order valence-corrected chi connectivity index (χ1v) is 11.4. The maximum atomic E-state index is 13.4. The number of halogens is 2. The second kappa shape index (κ2) is 9.47. The van der Waals surface area contributed by atoms with Gasteiger partial charge in [0.1, 0.15) is 5.82 Å². The monoisotopic (exact) mass is 466 g/mol. The van der Waals surface area contributed by atoms with Crippen molar-refractivity contribution in [3.8, 4) is 5.69 Å². The lowest BCUT2D eigenvalue weighted by atomic mass is 10.0. The number of carbonyl (C=O) groups excluding carboxylic acids is 1. The summed E-state index contributed by atoms with van der Waals surface area (Å²) in [6.07, 6.45) is 5.24. The fraction of sp³-hybridized carbons (Fsp3) is 0.280. The number of ether oxygens (including phenoxy) is 1. The summed E-state index contributed by atoms with van der Waals surface area (Å²) in [5.74, 6) is -0.534. The Hall–Kier alpha value is -3.00. The van der Waals surface area contributed by atoms with Gasteiger partial charge in [-0.15, -0.1) is 0 Å². The first-order valence-electron chi connectivity index (χ1n) is 11.1. The van der Waals surface area contributed by atoms with E-state index in [1.54, 1.807) is 28.9 Å². The van der Waals surface area contributed by atoms with E-state index in [2.05, 4.69) is 5.43 Å². The highest BCUT2D eigenvalue weighted by molar-refractivity contribution is 6.30. The van der Waals surface area contributed by atoms with Crippen LogP contribution in [0.15, 0.2) is 48.5 Å². The molecule has 8 heteroatoms. The van der Waals surface area contributed by atoms with Crippen molar-refractivity contribution in [2.75, 3.05) is 19.7 Å². The van der Waals surface area contributed by atoms with Crippen molar-refractivity contribution >= 4 is 29.2 Å². The van der Waals surface area contributed by atoms with Crippen LogP contribution in [-0.2, 0) is 11.3 Å². The molecule has 0 radical (unpaired) electrons. The Balaban J connectivity index is 1.58. The van der Waals surface area contributed by atoms with Gasteiger partial charge in [-0.3, -0.25) is 10.2 Å². The smallest absolute Gasteiger partial charge is 0.286 e. The van der Waals surface area contributed by atoms with Gasteiger partial charge in [0.2, 0.25) is 0 Å². The molecule has 0 bridgehead atoms. The quantitative estimate of drug-likeness (QED) is 0.596. The third-order valence-corrected chi connectivity index (χ3v) is 6.16. The van der Waals surface area contributed by atoms with E-state index < -0.39 is 0 Å². The summed E-state index contributed by atoms with van der Waals surface area (Å²) in [4.78, 5) is 13.2. The zero-order valence-electron chi connectivity index (χ0n) is 18.1. The number of amides is 1. The van der Waals surface area contributed by atoms with Crippen LogP contribution < -0.4 is 5.43 Å². The Morgan fingerprint density at radius 3 is 2.48 bits per heavy atom. The largest absolute Gasteiger partial charge is 0.372 e. The first-order chi connectivity index (χ1) is 16.1. The highest BCUT2D eigenvalue weighted by Gasteiger charge is 2.30. The molecule has 3 aromatic rings. The molecule has 5 rings (SSSR count). The molecule has 6 nitrogen and oxygen atoms in total. The van der Waals surface area contributed by atoms with Crippen LogP contribution in [-0.4, -0.2) is 40.4 Å². The molecule has 1 N–H and O–H groups in total. The van der Waals surface area contributed by atoms with Crippen LogP contribution in [0.1, 0.15) is 46.6 Å². The van der Waals surface area contributed by atoms with Gasteiger partial charge in [-0.25, -0.2) is 14.1 Å². The van der Waals surface area contributed by atoms with Gasteiger partial charge < -0.3 is 4.74 Å². The molecule has 2 aromatic carbocycles. The summed E-state index contributed by atoms with van der Waals surface area (Å²) < 4.78 is 21.0. The van der Waals surface area contributed by atoms with Gasteiger partial charge >= 0.3 is 0 Å². The zero-order valence-corrected chi connectivity index (χ0v) is 18.8. The van der Waals surface area contributed by atoms with Gasteiger partial charge in [0.05, 0.1) is 24.6 Å². The third kappa shape index (κ3) is 4.71. The van der Waals surface area contributed by atoms with Gasteiger partial charge in [0.25, 0.3) is 5.91 Å². The van der Waals surface area contributed by atoms with E-state index in [9.17, 15) is 9.18 Å². The summed E-state index contributed by atoms with van der Waals surface area (Å²) in [5.41, 5.74) is 7.40. The number of nitrogens with zero attached hydrogens (tertiary/aromatic N) is 3. The molecule has 2 aliphatic rings. The number of rotatable bonds is 4. The normalized spacial score (nSPS) is 17.7. The summed E-state index contributed by atoms with van der Waals surface area (Å²) in [5, 5.41) is 7.29. The predicted molar refractivity (Wildman–Crippen MR) is 125 cm³/mol. The third-order valence-electron chi connectivity index (χ3n) is 5.90. The van der Waals surface area contributed by atoms with Crippen molar-refractivity contribution in [2.24, 2.45) is 0 Å². The molecule has 0 unspecified atom stereocenters. The molecule has 0 spiro atoms. The molecule has 0 saturated carbocycles. The number of hydrogen-bond acceptors (Lipinski definition) is 4. The average molecular weight is 467 g/mol. The number of hydrazine groups is 1. The van der Waals surface area contributed by atoms with Crippen LogP contribution in [0, 0.1) is 5.82 Å². The zero-order chi connectivity index (χ0) is 22.8. The van der Waals surface area contributed by atoms with Crippen LogP contribution in [0.3, 0.4) is 0 Å². The Morgan fingerprint density at radius 2 is 1.76 bits per heavy atom. The molecule has 3 heterocycles. The van der Waals surface area contributed by atoms with E-state index in [4.69, 9.17) is 21.4 Å². The molecular formula is C25H24ClFN4O2. The molecule has 170 valence electrons.